The molecule has 1 unspecified atom stereocenters. The summed E-state index contributed by atoms with van der Waals surface area (Å²) in [6, 6.07) is 9.71. The highest BCUT2D eigenvalue weighted by molar-refractivity contribution is 5.92. The number of rotatable bonds is 4. The fraction of sp³-hybridized carbons (Fsp3) is 0.316. The van der Waals surface area contributed by atoms with E-state index in [1.54, 1.807) is 24.2 Å². The summed E-state index contributed by atoms with van der Waals surface area (Å²) in [5.74, 6) is 0.772. The summed E-state index contributed by atoms with van der Waals surface area (Å²) < 4.78 is 7.01. The zero-order chi connectivity index (χ0) is 18.1. The number of imidazole rings is 1. The van der Waals surface area contributed by atoms with Crippen LogP contribution in [0, 0.1) is 0 Å². The molecule has 0 fully saturated rings. The number of H-pyrrole nitrogens is 1. The van der Waals surface area contributed by atoms with E-state index < -0.39 is 0 Å². The van der Waals surface area contributed by atoms with Crippen molar-refractivity contribution in [3.8, 4) is 5.75 Å². The van der Waals surface area contributed by atoms with Crippen molar-refractivity contribution in [2.45, 2.75) is 25.9 Å². The zero-order valence-corrected chi connectivity index (χ0v) is 14.8. The monoisotopic (exact) mass is 351 g/mol. The first kappa shape index (κ1) is 16.4. The molecule has 0 bridgehead atoms. The molecule has 134 valence electrons. The van der Waals surface area contributed by atoms with Crippen molar-refractivity contribution < 1.29 is 9.53 Å². The molecule has 1 amide bonds. The average Bonchev–Trinajstić information content (AvgIpc) is 3.35. The lowest BCUT2D eigenvalue weighted by Gasteiger charge is -2.32. The number of amides is 1. The summed E-state index contributed by atoms with van der Waals surface area (Å²) in [6.07, 6.45) is 3.53. The Labute approximate surface area is 151 Å². The van der Waals surface area contributed by atoms with Gasteiger partial charge < -0.3 is 14.6 Å². The number of benzene rings is 1. The molecule has 7 nitrogen and oxygen atoms in total. The summed E-state index contributed by atoms with van der Waals surface area (Å²) in [5.41, 5.74) is 3.55. The molecule has 0 radical (unpaired) electrons. The lowest BCUT2D eigenvalue weighted by molar-refractivity contribution is 0.0715. The smallest absolute Gasteiger partial charge is 0.274 e. The number of ether oxygens (including phenoxy) is 1. The molecule has 1 aliphatic heterocycles. The van der Waals surface area contributed by atoms with E-state index in [2.05, 4.69) is 15.1 Å². The van der Waals surface area contributed by atoms with Gasteiger partial charge in [0.05, 0.1) is 31.4 Å². The van der Waals surface area contributed by atoms with Crippen LogP contribution in [0.25, 0.3) is 0 Å². The number of aromatic amines is 1. The third-order valence-electron chi connectivity index (χ3n) is 4.82. The first-order chi connectivity index (χ1) is 12.7. The van der Waals surface area contributed by atoms with E-state index in [-0.39, 0.29) is 11.8 Å². The van der Waals surface area contributed by atoms with E-state index in [1.807, 2.05) is 42.3 Å². The number of aryl methyl sites for hydroxylation is 1. The van der Waals surface area contributed by atoms with Crippen molar-refractivity contribution >= 4 is 5.91 Å². The summed E-state index contributed by atoms with van der Waals surface area (Å²) in [4.78, 5) is 22.4. The van der Waals surface area contributed by atoms with Crippen LogP contribution < -0.4 is 4.74 Å². The van der Waals surface area contributed by atoms with Crippen LogP contribution in [-0.4, -0.2) is 44.2 Å². The largest absolute Gasteiger partial charge is 0.497 e. The van der Waals surface area contributed by atoms with Crippen molar-refractivity contribution in [1.82, 2.24) is 24.6 Å². The van der Waals surface area contributed by atoms with Crippen LogP contribution >= 0.6 is 0 Å². The molecule has 4 rings (SSSR count). The van der Waals surface area contributed by atoms with E-state index in [0.29, 0.717) is 18.8 Å². The number of fused-ring (bicyclic) bond motifs is 1. The van der Waals surface area contributed by atoms with Crippen molar-refractivity contribution in [2.24, 2.45) is 0 Å². The summed E-state index contributed by atoms with van der Waals surface area (Å²) in [5, 5.41) is 4.35. The maximum atomic E-state index is 12.9. The highest BCUT2D eigenvalue weighted by atomic mass is 16.5. The van der Waals surface area contributed by atoms with Gasteiger partial charge in [0, 0.05) is 25.2 Å². The van der Waals surface area contributed by atoms with Gasteiger partial charge in [0.15, 0.2) is 0 Å². The van der Waals surface area contributed by atoms with Gasteiger partial charge in [0.2, 0.25) is 0 Å². The number of carbonyl (C=O) groups is 1. The molecule has 0 aliphatic carbocycles. The van der Waals surface area contributed by atoms with E-state index in [0.717, 1.165) is 29.2 Å². The Balaban J connectivity index is 1.64. The summed E-state index contributed by atoms with van der Waals surface area (Å²) in [7, 11) is 1.65. The standard InChI is InChI=1S/C19H21N5O2/c1-3-24-9-8-16(22-24)19(25)23-10-15(18-17(11-23)20-12-21-18)13-4-6-14(26-2)7-5-13/h4-9,12,15H,3,10-11H2,1-2H3,(H,20,21). The molecule has 0 saturated carbocycles. The van der Waals surface area contributed by atoms with Gasteiger partial charge in [-0.1, -0.05) is 12.1 Å². The fourth-order valence-corrected chi connectivity index (χ4v) is 3.39. The van der Waals surface area contributed by atoms with E-state index >= 15 is 0 Å². The van der Waals surface area contributed by atoms with Crippen molar-refractivity contribution in [3.05, 3.63) is 65.5 Å². The van der Waals surface area contributed by atoms with Gasteiger partial charge in [-0.2, -0.15) is 5.10 Å². The predicted octanol–water partition coefficient (Wildman–Crippen LogP) is 2.42. The minimum atomic E-state index is -0.0593. The predicted molar refractivity (Wildman–Crippen MR) is 96.1 cm³/mol. The highest BCUT2D eigenvalue weighted by Crippen LogP contribution is 2.32. The normalized spacial score (nSPS) is 16.4. The van der Waals surface area contributed by atoms with Crippen LogP contribution in [0.5, 0.6) is 5.75 Å². The lowest BCUT2D eigenvalue weighted by atomic mass is 9.90. The molecular weight excluding hydrogens is 330 g/mol. The molecule has 1 N–H and O–H groups in total. The number of nitrogens with zero attached hydrogens (tertiary/aromatic N) is 4. The maximum Gasteiger partial charge on any atom is 0.274 e. The maximum absolute atomic E-state index is 12.9. The van der Waals surface area contributed by atoms with Crippen LogP contribution in [-0.2, 0) is 13.1 Å². The molecule has 3 aromatic rings. The van der Waals surface area contributed by atoms with Gasteiger partial charge in [0.25, 0.3) is 5.91 Å². The van der Waals surface area contributed by atoms with Crippen LogP contribution in [0.3, 0.4) is 0 Å². The molecule has 1 aliphatic rings. The van der Waals surface area contributed by atoms with Gasteiger partial charge in [-0.05, 0) is 30.7 Å². The number of nitrogens with one attached hydrogen (secondary N) is 1. The van der Waals surface area contributed by atoms with Gasteiger partial charge in [0.1, 0.15) is 11.4 Å². The lowest BCUT2D eigenvalue weighted by Crippen LogP contribution is -2.39. The minimum absolute atomic E-state index is 0.0214. The second-order valence-electron chi connectivity index (χ2n) is 6.33. The third kappa shape index (κ3) is 2.85. The Morgan fingerprint density at radius 3 is 2.81 bits per heavy atom. The van der Waals surface area contributed by atoms with Gasteiger partial charge in [-0.25, -0.2) is 4.98 Å². The van der Waals surface area contributed by atoms with Crippen LogP contribution in [0.4, 0.5) is 0 Å². The quantitative estimate of drug-likeness (QED) is 0.783. The Kier molecular flexibility index (Phi) is 4.20. The second kappa shape index (κ2) is 6.67. The van der Waals surface area contributed by atoms with Gasteiger partial charge >= 0.3 is 0 Å². The Morgan fingerprint density at radius 2 is 2.12 bits per heavy atom. The Morgan fingerprint density at radius 1 is 1.31 bits per heavy atom. The minimum Gasteiger partial charge on any atom is -0.497 e. The first-order valence-corrected chi connectivity index (χ1v) is 8.68. The summed E-state index contributed by atoms with van der Waals surface area (Å²) in [6.45, 7) is 3.83. The third-order valence-corrected chi connectivity index (χ3v) is 4.82. The van der Waals surface area contributed by atoms with Gasteiger partial charge in [-0.15, -0.1) is 0 Å². The Hall–Kier alpha value is -3.09. The topological polar surface area (TPSA) is 76.0 Å². The number of aromatic nitrogens is 4. The molecule has 0 spiro atoms. The Bertz CT molecular complexity index is 912. The van der Waals surface area contributed by atoms with Crippen LogP contribution in [0.1, 0.15) is 40.3 Å². The van der Waals surface area contributed by atoms with Crippen LogP contribution in [0.15, 0.2) is 42.9 Å². The number of hydrogen-bond donors (Lipinski definition) is 1. The molecule has 3 heterocycles. The van der Waals surface area contributed by atoms with E-state index in [9.17, 15) is 4.79 Å². The summed E-state index contributed by atoms with van der Waals surface area (Å²) >= 11 is 0. The average molecular weight is 351 g/mol. The van der Waals surface area contributed by atoms with Crippen molar-refractivity contribution in [3.63, 3.8) is 0 Å². The molecule has 2 aromatic heterocycles. The van der Waals surface area contributed by atoms with Crippen molar-refractivity contribution in [2.75, 3.05) is 13.7 Å². The molecule has 7 heteroatoms. The molecule has 1 atom stereocenters. The second-order valence-corrected chi connectivity index (χ2v) is 6.33. The van der Waals surface area contributed by atoms with E-state index in [1.165, 1.54) is 0 Å². The molecule has 1 aromatic carbocycles. The van der Waals surface area contributed by atoms with Crippen molar-refractivity contribution in [1.29, 1.82) is 0 Å². The zero-order valence-electron chi connectivity index (χ0n) is 14.8. The SMILES string of the molecule is CCn1ccc(C(=O)N2Cc3[nH]cnc3C(c3ccc(OC)cc3)C2)n1. The highest BCUT2D eigenvalue weighted by Gasteiger charge is 2.32. The number of hydrogen-bond acceptors (Lipinski definition) is 4. The van der Waals surface area contributed by atoms with E-state index in [4.69, 9.17) is 4.74 Å². The van der Waals surface area contributed by atoms with Crippen LogP contribution in [0.2, 0.25) is 0 Å². The van der Waals surface area contributed by atoms with Gasteiger partial charge in [-0.3, -0.25) is 9.48 Å². The first-order valence-electron chi connectivity index (χ1n) is 8.68. The number of carbonyl (C=O) groups excluding carboxylic acids is 1. The molecule has 0 saturated heterocycles. The fourth-order valence-electron chi connectivity index (χ4n) is 3.39. The number of methoxy groups -OCH3 is 1. The molecular formula is C19H21N5O2. The molecule has 26 heavy (non-hydrogen) atoms.